The van der Waals surface area contributed by atoms with E-state index in [2.05, 4.69) is 43.7 Å². The number of piperidine rings is 1. The van der Waals surface area contributed by atoms with E-state index in [0.717, 1.165) is 54.5 Å². The van der Waals surface area contributed by atoms with Crippen molar-refractivity contribution < 1.29 is 4.74 Å². The molecule has 6 rings (SSSR count). The molecule has 2 aliphatic heterocycles. The van der Waals surface area contributed by atoms with Gasteiger partial charge in [-0.15, -0.1) is 11.3 Å². The topological polar surface area (TPSA) is 81.6 Å². The van der Waals surface area contributed by atoms with Gasteiger partial charge < -0.3 is 15.4 Å². The fourth-order valence-corrected chi connectivity index (χ4v) is 6.80. The molecule has 0 unspecified atom stereocenters. The molecule has 2 N–H and O–H groups in total. The van der Waals surface area contributed by atoms with Crippen molar-refractivity contribution in [1.82, 2.24) is 19.4 Å². The number of pyridine rings is 1. The molecule has 7 nitrogen and oxygen atoms in total. The average molecular weight is 453 g/mol. The van der Waals surface area contributed by atoms with E-state index in [1.165, 1.54) is 9.60 Å². The maximum Gasteiger partial charge on any atom is 0.211 e. The molecule has 0 radical (unpaired) electrons. The number of thiophene rings is 1. The Labute approximate surface area is 188 Å². The van der Waals surface area contributed by atoms with Crippen LogP contribution in [0.15, 0.2) is 52.1 Å². The van der Waals surface area contributed by atoms with Gasteiger partial charge in [-0.25, -0.2) is 9.97 Å². The van der Waals surface area contributed by atoms with Crippen molar-refractivity contribution in [3.05, 3.63) is 42.3 Å². The summed E-state index contributed by atoms with van der Waals surface area (Å²) in [6, 6.07) is 4.24. The molecule has 0 aromatic carbocycles. The Bertz CT molecular complexity index is 1250. The van der Waals surface area contributed by atoms with Gasteiger partial charge in [0.05, 0.1) is 27.8 Å². The molecule has 2 saturated heterocycles. The van der Waals surface area contributed by atoms with Crippen LogP contribution in [0, 0.1) is 5.41 Å². The first-order chi connectivity index (χ1) is 15.1. The van der Waals surface area contributed by atoms with Crippen LogP contribution in [0.5, 0.6) is 0 Å². The van der Waals surface area contributed by atoms with E-state index in [1.54, 1.807) is 23.1 Å². The highest BCUT2D eigenvalue weighted by Gasteiger charge is 2.47. The zero-order valence-electron chi connectivity index (χ0n) is 17.3. The molecule has 31 heavy (non-hydrogen) atoms. The predicted octanol–water partition coefficient (Wildman–Crippen LogP) is 3.82. The Hall–Kier alpha value is -2.20. The highest BCUT2D eigenvalue weighted by Crippen LogP contribution is 2.42. The molecule has 0 amide bonds. The highest BCUT2D eigenvalue weighted by molar-refractivity contribution is 8.00. The maximum atomic E-state index is 6.49. The minimum absolute atomic E-state index is 0.104. The molecule has 2 aliphatic rings. The minimum atomic E-state index is 0.104. The Morgan fingerprint density at radius 2 is 2.03 bits per heavy atom. The number of hydrogen-bond acceptors (Lipinski definition) is 8. The summed E-state index contributed by atoms with van der Waals surface area (Å²) in [5.74, 6) is 0.947. The van der Waals surface area contributed by atoms with Gasteiger partial charge in [0.15, 0.2) is 5.65 Å². The van der Waals surface area contributed by atoms with Crippen molar-refractivity contribution in [2.45, 2.75) is 41.7 Å². The summed E-state index contributed by atoms with van der Waals surface area (Å²) in [5.41, 5.74) is 8.56. The third-order valence-corrected chi connectivity index (χ3v) is 8.92. The van der Waals surface area contributed by atoms with Gasteiger partial charge >= 0.3 is 0 Å². The zero-order valence-corrected chi connectivity index (χ0v) is 18.9. The molecule has 160 valence electrons. The van der Waals surface area contributed by atoms with E-state index in [4.69, 9.17) is 15.5 Å². The minimum Gasteiger partial charge on any atom is -0.376 e. The quantitative estimate of drug-likeness (QED) is 0.506. The molecular weight excluding hydrogens is 428 g/mol. The van der Waals surface area contributed by atoms with Crippen LogP contribution in [0.4, 0.5) is 5.95 Å². The molecule has 6 heterocycles. The van der Waals surface area contributed by atoms with Crippen molar-refractivity contribution >= 4 is 44.9 Å². The number of anilines is 1. The number of fused-ring (bicyclic) bond motifs is 2. The monoisotopic (exact) mass is 452 g/mol. The molecule has 0 bridgehead atoms. The Kier molecular flexibility index (Phi) is 4.68. The van der Waals surface area contributed by atoms with Crippen molar-refractivity contribution in [2.75, 3.05) is 24.6 Å². The van der Waals surface area contributed by atoms with Crippen molar-refractivity contribution in [2.24, 2.45) is 11.1 Å². The largest absolute Gasteiger partial charge is 0.376 e. The molecular formula is C22H24N6OS2. The lowest BCUT2D eigenvalue weighted by Crippen LogP contribution is -2.51. The molecule has 9 heteroatoms. The van der Waals surface area contributed by atoms with Crippen LogP contribution in [-0.4, -0.2) is 51.2 Å². The second-order valence-corrected chi connectivity index (χ2v) is 10.5. The Morgan fingerprint density at radius 1 is 1.16 bits per heavy atom. The summed E-state index contributed by atoms with van der Waals surface area (Å²) >= 11 is 3.42. The van der Waals surface area contributed by atoms with Gasteiger partial charge in [-0.1, -0.05) is 11.8 Å². The number of hydrogen-bond donors (Lipinski definition) is 1. The van der Waals surface area contributed by atoms with Crippen molar-refractivity contribution in [1.29, 1.82) is 0 Å². The van der Waals surface area contributed by atoms with Gasteiger partial charge in [-0.05, 0) is 37.3 Å². The third kappa shape index (κ3) is 3.14. The Morgan fingerprint density at radius 3 is 2.84 bits per heavy atom. The van der Waals surface area contributed by atoms with Gasteiger partial charge in [0.25, 0.3) is 0 Å². The lowest BCUT2D eigenvalue weighted by molar-refractivity contribution is 0.0973. The van der Waals surface area contributed by atoms with E-state index >= 15 is 0 Å². The summed E-state index contributed by atoms with van der Waals surface area (Å²) < 4.78 is 9.19. The standard InChI is InChI=1S/C22H24N6OS2/c1-14-19(23)22(13-29-14)4-8-27(9-5-22)21-26-12-17(20-25-7-10-28(20)21)31-16-2-6-24-15-3-11-30-18(15)16/h2-3,6-7,10-12,14,19H,4-5,8-9,13,23H2,1H3/t14-,19+/m0/s1. The van der Waals surface area contributed by atoms with Gasteiger partial charge in [0.1, 0.15) is 0 Å². The number of imidazole rings is 1. The van der Waals surface area contributed by atoms with E-state index in [9.17, 15) is 0 Å². The van der Waals surface area contributed by atoms with Gasteiger partial charge in [0.2, 0.25) is 5.95 Å². The number of aromatic nitrogens is 4. The van der Waals surface area contributed by atoms with E-state index < -0.39 is 0 Å². The lowest BCUT2D eigenvalue weighted by atomic mass is 9.73. The molecule has 0 saturated carbocycles. The first kappa shape index (κ1) is 19.5. The third-order valence-electron chi connectivity index (χ3n) is 6.79. The van der Waals surface area contributed by atoms with Crippen LogP contribution >= 0.6 is 23.1 Å². The average Bonchev–Trinajstić information content (AvgIpc) is 3.53. The molecule has 4 aromatic rings. The molecule has 2 atom stereocenters. The fourth-order valence-electron chi connectivity index (χ4n) is 4.86. The molecule has 2 fully saturated rings. The van der Waals surface area contributed by atoms with Crippen LogP contribution in [-0.2, 0) is 4.74 Å². The number of rotatable bonds is 3. The normalized spacial score (nSPS) is 23.4. The van der Waals surface area contributed by atoms with E-state index in [1.807, 2.05) is 24.8 Å². The zero-order chi connectivity index (χ0) is 21.0. The predicted molar refractivity (Wildman–Crippen MR) is 124 cm³/mol. The SMILES string of the molecule is C[C@@H]1OCC2(CCN(c3ncc(Sc4ccnc5ccsc45)c4nccn34)CC2)[C@@H]1N. The van der Waals surface area contributed by atoms with Crippen molar-refractivity contribution in [3.8, 4) is 0 Å². The van der Waals surface area contributed by atoms with Crippen LogP contribution in [0.25, 0.3) is 15.9 Å². The van der Waals surface area contributed by atoms with Gasteiger partial charge in [0, 0.05) is 54.2 Å². The second kappa shape index (κ2) is 7.44. The number of nitrogens with two attached hydrogens (primary N) is 1. The van der Waals surface area contributed by atoms with Crippen LogP contribution in [0.3, 0.4) is 0 Å². The lowest BCUT2D eigenvalue weighted by Gasteiger charge is -2.41. The van der Waals surface area contributed by atoms with E-state index in [-0.39, 0.29) is 17.6 Å². The second-order valence-electron chi connectivity index (χ2n) is 8.48. The summed E-state index contributed by atoms with van der Waals surface area (Å²) in [5, 5.41) is 2.08. The smallest absolute Gasteiger partial charge is 0.211 e. The number of ether oxygens (including phenoxy) is 1. The fraction of sp³-hybridized carbons (Fsp3) is 0.409. The number of nitrogens with zero attached hydrogens (tertiary/aromatic N) is 5. The van der Waals surface area contributed by atoms with Crippen LogP contribution in [0.2, 0.25) is 0 Å². The maximum absolute atomic E-state index is 6.49. The summed E-state index contributed by atoms with van der Waals surface area (Å²) in [6.07, 6.45) is 9.88. The molecule has 4 aromatic heterocycles. The van der Waals surface area contributed by atoms with E-state index in [0.29, 0.717) is 0 Å². The van der Waals surface area contributed by atoms with Gasteiger partial charge in [-0.2, -0.15) is 0 Å². The highest BCUT2D eigenvalue weighted by atomic mass is 32.2. The Balaban J connectivity index is 1.29. The molecule has 0 aliphatic carbocycles. The first-order valence-corrected chi connectivity index (χ1v) is 12.3. The van der Waals surface area contributed by atoms with Crippen LogP contribution in [0.1, 0.15) is 19.8 Å². The molecule has 1 spiro atoms. The van der Waals surface area contributed by atoms with Crippen molar-refractivity contribution in [3.63, 3.8) is 0 Å². The van der Waals surface area contributed by atoms with Crippen LogP contribution < -0.4 is 10.6 Å². The van der Waals surface area contributed by atoms with Gasteiger partial charge in [-0.3, -0.25) is 9.38 Å². The summed E-state index contributed by atoms with van der Waals surface area (Å²) in [4.78, 5) is 18.6. The summed E-state index contributed by atoms with van der Waals surface area (Å²) in [7, 11) is 0. The summed E-state index contributed by atoms with van der Waals surface area (Å²) in [6.45, 7) is 4.72. The first-order valence-electron chi connectivity index (χ1n) is 10.6.